The first-order valence-corrected chi connectivity index (χ1v) is 9.31. The SMILES string of the molecule is CC(=O)c1ccc(NC(=O)COC(=O)CCC(=O)Nc2cc(Cl)ccc2Cl)cc1. The molecular formula is C20H18Cl2N2O5. The molecule has 0 saturated heterocycles. The molecule has 0 saturated carbocycles. The minimum atomic E-state index is -0.695. The molecule has 0 bridgehead atoms. The van der Waals surface area contributed by atoms with Crippen molar-refractivity contribution in [1.29, 1.82) is 0 Å². The minimum Gasteiger partial charge on any atom is -0.456 e. The van der Waals surface area contributed by atoms with Crippen molar-refractivity contribution in [2.75, 3.05) is 17.2 Å². The zero-order valence-electron chi connectivity index (χ0n) is 15.5. The number of nitrogens with one attached hydrogen (secondary N) is 2. The Morgan fingerprint density at radius 1 is 0.897 bits per heavy atom. The van der Waals surface area contributed by atoms with E-state index in [0.29, 0.717) is 27.0 Å². The number of ketones is 1. The maximum Gasteiger partial charge on any atom is 0.306 e. The summed E-state index contributed by atoms with van der Waals surface area (Å²) in [6, 6.07) is 10.9. The van der Waals surface area contributed by atoms with Gasteiger partial charge < -0.3 is 15.4 Å². The van der Waals surface area contributed by atoms with Crippen LogP contribution in [0.5, 0.6) is 0 Å². The Morgan fingerprint density at radius 2 is 1.59 bits per heavy atom. The molecule has 152 valence electrons. The van der Waals surface area contributed by atoms with Crippen LogP contribution in [0.3, 0.4) is 0 Å². The summed E-state index contributed by atoms with van der Waals surface area (Å²) in [4.78, 5) is 46.7. The number of halogens is 2. The fourth-order valence-corrected chi connectivity index (χ4v) is 2.56. The lowest BCUT2D eigenvalue weighted by Crippen LogP contribution is -2.21. The topological polar surface area (TPSA) is 102 Å². The van der Waals surface area contributed by atoms with Gasteiger partial charge in [-0.3, -0.25) is 19.2 Å². The third kappa shape index (κ3) is 7.56. The molecule has 2 aromatic rings. The average Bonchev–Trinajstić information content (AvgIpc) is 2.68. The van der Waals surface area contributed by atoms with Gasteiger partial charge in [0.15, 0.2) is 12.4 Å². The lowest BCUT2D eigenvalue weighted by molar-refractivity contribution is -0.147. The Balaban J connectivity index is 1.72. The van der Waals surface area contributed by atoms with Gasteiger partial charge in [0.25, 0.3) is 5.91 Å². The Bertz CT molecular complexity index is 929. The quantitative estimate of drug-likeness (QED) is 0.479. The fraction of sp³-hybridized carbons (Fsp3) is 0.200. The molecule has 0 fully saturated rings. The third-order valence-electron chi connectivity index (χ3n) is 3.70. The highest BCUT2D eigenvalue weighted by atomic mass is 35.5. The van der Waals surface area contributed by atoms with Gasteiger partial charge in [0, 0.05) is 22.7 Å². The summed E-state index contributed by atoms with van der Waals surface area (Å²) >= 11 is 11.8. The molecule has 2 aromatic carbocycles. The van der Waals surface area contributed by atoms with Crippen LogP contribution in [0.2, 0.25) is 10.0 Å². The highest BCUT2D eigenvalue weighted by Crippen LogP contribution is 2.25. The molecule has 0 spiro atoms. The number of hydrogen-bond acceptors (Lipinski definition) is 5. The number of carbonyl (C=O) groups excluding carboxylic acids is 4. The summed E-state index contributed by atoms with van der Waals surface area (Å²) in [6.45, 7) is 0.950. The molecule has 2 amide bonds. The Labute approximate surface area is 177 Å². The predicted molar refractivity (Wildman–Crippen MR) is 110 cm³/mol. The van der Waals surface area contributed by atoms with Gasteiger partial charge in [-0.2, -0.15) is 0 Å². The summed E-state index contributed by atoms with van der Waals surface area (Å²) in [5, 5.41) is 5.81. The van der Waals surface area contributed by atoms with E-state index in [1.54, 1.807) is 36.4 Å². The molecule has 0 aliphatic carbocycles. The number of rotatable bonds is 8. The zero-order chi connectivity index (χ0) is 21.4. The Kier molecular flexibility index (Phi) is 8.18. The van der Waals surface area contributed by atoms with Crippen LogP contribution in [0.4, 0.5) is 11.4 Å². The van der Waals surface area contributed by atoms with E-state index >= 15 is 0 Å². The summed E-state index contributed by atoms with van der Waals surface area (Å²) < 4.78 is 4.85. The van der Waals surface area contributed by atoms with E-state index in [1.807, 2.05) is 0 Å². The molecule has 0 unspecified atom stereocenters. The maximum absolute atomic E-state index is 11.9. The molecule has 9 heteroatoms. The maximum atomic E-state index is 11.9. The first-order valence-electron chi connectivity index (χ1n) is 8.56. The van der Waals surface area contributed by atoms with Gasteiger partial charge in [0.05, 0.1) is 17.1 Å². The van der Waals surface area contributed by atoms with Gasteiger partial charge in [-0.15, -0.1) is 0 Å². The summed E-state index contributed by atoms with van der Waals surface area (Å²) in [5.74, 6) is -1.76. The van der Waals surface area contributed by atoms with Crippen LogP contribution >= 0.6 is 23.2 Å². The fourth-order valence-electron chi connectivity index (χ4n) is 2.23. The molecule has 2 N–H and O–H groups in total. The molecule has 7 nitrogen and oxygen atoms in total. The van der Waals surface area contributed by atoms with Crippen molar-refractivity contribution in [2.24, 2.45) is 0 Å². The summed E-state index contributed by atoms with van der Waals surface area (Å²) in [5.41, 5.74) is 1.33. The monoisotopic (exact) mass is 436 g/mol. The van der Waals surface area contributed by atoms with Crippen molar-refractivity contribution in [3.8, 4) is 0 Å². The van der Waals surface area contributed by atoms with E-state index < -0.39 is 24.4 Å². The molecule has 0 atom stereocenters. The molecule has 0 radical (unpaired) electrons. The third-order valence-corrected chi connectivity index (χ3v) is 4.26. The first kappa shape index (κ1) is 22.4. The molecule has 0 aliphatic heterocycles. The largest absolute Gasteiger partial charge is 0.456 e. The van der Waals surface area contributed by atoms with Gasteiger partial charge >= 0.3 is 5.97 Å². The number of Topliss-reactive ketones (excluding diaryl/α,β-unsaturated/α-hetero) is 1. The smallest absolute Gasteiger partial charge is 0.306 e. The highest BCUT2D eigenvalue weighted by molar-refractivity contribution is 6.35. The van der Waals surface area contributed by atoms with Crippen LogP contribution in [0, 0.1) is 0 Å². The summed E-state index contributed by atoms with van der Waals surface area (Å²) in [6.07, 6.45) is -0.347. The molecular weight excluding hydrogens is 419 g/mol. The summed E-state index contributed by atoms with van der Waals surface area (Å²) in [7, 11) is 0. The standard InChI is InChI=1S/C20H18Cl2N2O5/c1-12(25)13-2-5-15(6-3-13)23-19(27)11-29-20(28)9-8-18(26)24-17-10-14(21)4-7-16(17)22/h2-7,10H,8-9,11H2,1H3,(H,23,27)(H,24,26). The number of hydrogen-bond donors (Lipinski definition) is 2. The van der Waals surface area contributed by atoms with Crippen LogP contribution in [-0.4, -0.2) is 30.2 Å². The van der Waals surface area contributed by atoms with Crippen LogP contribution in [0.1, 0.15) is 30.1 Å². The van der Waals surface area contributed by atoms with E-state index in [2.05, 4.69) is 10.6 Å². The van der Waals surface area contributed by atoms with E-state index in [1.165, 1.54) is 13.0 Å². The van der Waals surface area contributed by atoms with Crippen molar-refractivity contribution >= 4 is 58.1 Å². The Hall–Kier alpha value is -2.90. The molecule has 2 rings (SSSR count). The first-order chi connectivity index (χ1) is 13.7. The lowest BCUT2D eigenvalue weighted by atomic mass is 10.1. The van der Waals surface area contributed by atoms with E-state index in [0.717, 1.165) is 0 Å². The van der Waals surface area contributed by atoms with E-state index in [-0.39, 0.29) is 18.6 Å². The van der Waals surface area contributed by atoms with Crippen LogP contribution in [-0.2, 0) is 19.1 Å². The van der Waals surface area contributed by atoms with Crippen LogP contribution in [0.15, 0.2) is 42.5 Å². The van der Waals surface area contributed by atoms with E-state index in [9.17, 15) is 19.2 Å². The van der Waals surface area contributed by atoms with Crippen molar-refractivity contribution in [2.45, 2.75) is 19.8 Å². The second-order valence-electron chi connectivity index (χ2n) is 6.01. The minimum absolute atomic E-state index is 0.0847. The van der Waals surface area contributed by atoms with Crippen molar-refractivity contribution in [3.05, 3.63) is 58.1 Å². The molecule has 0 heterocycles. The second-order valence-corrected chi connectivity index (χ2v) is 6.86. The second kappa shape index (κ2) is 10.6. The molecule has 29 heavy (non-hydrogen) atoms. The molecule has 0 aromatic heterocycles. The number of anilines is 2. The average molecular weight is 437 g/mol. The predicted octanol–water partition coefficient (Wildman–Crippen LogP) is 4.10. The van der Waals surface area contributed by atoms with Gasteiger partial charge in [-0.25, -0.2) is 0 Å². The van der Waals surface area contributed by atoms with Crippen LogP contribution < -0.4 is 10.6 Å². The van der Waals surface area contributed by atoms with Crippen molar-refractivity contribution in [1.82, 2.24) is 0 Å². The van der Waals surface area contributed by atoms with Crippen molar-refractivity contribution < 1.29 is 23.9 Å². The molecule has 0 aliphatic rings. The van der Waals surface area contributed by atoms with E-state index in [4.69, 9.17) is 27.9 Å². The van der Waals surface area contributed by atoms with Gasteiger partial charge in [-0.05, 0) is 49.4 Å². The van der Waals surface area contributed by atoms with Gasteiger partial charge in [-0.1, -0.05) is 23.2 Å². The lowest BCUT2D eigenvalue weighted by Gasteiger charge is -2.08. The number of carbonyl (C=O) groups is 4. The van der Waals surface area contributed by atoms with Gasteiger partial charge in [0.1, 0.15) is 0 Å². The van der Waals surface area contributed by atoms with Crippen molar-refractivity contribution in [3.63, 3.8) is 0 Å². The van der Waals surface area contributed by atoms with Crippen LogP contribution in [0.25, 0.3) is 0 Å². The number of amides is 2. The zero-order valence-corrected chi connectivity index (χ0v) is 17.0. The normalized spacial score (nSPS) is 10.2. The number of ether oxygens (including phenoxy) is 1. The number of esters is 1. The van der Waals surface area contributed by atoms with Gasteiger partial charge in [0.2, 0.25) is 5.91 Å². The Morgan fingerprint density at radius 3 is 2.24 bits per heavy atom. The highest BCUT2D eigenvalue weighted by Gasteiger charge is 2.12. The number of benzene rings is 2.